The number of rotatable bonds is 1. The second-order valence-corrected chi connectivity index (χ2v) is 5.14. The average Bonchev–Trinajstić information content (AvgIpc) is 2.43. The van der Waals surface area contributed by atoms with Crippen molar-refractivity contribution in [2.24, 2.45) is 0 Å². The van der Waals surface area contributed by atoms with Crippen molar-refractivity contribution in [3.05, 3.63) is 0 Å². The Morgan fingerprint density at radius 3 is 1.87 bits per heavy atom. The maximum absolute atomic E-state index is 3.47. The van der Waals surface area contributed by atoms with Gasteiger partial charge < -0.3 is 10.2 Å². The summed E-state index contributed by atoms with van der Waals surface area (Å²) in [5.41, 5.74) is 0. The monoisotopic (exact) mass is 210 g/mol. The first-order valence-electron chi connectivity index (χ1n) is 6.91. The molecule has 88 valence electrons. The van der Waals surface area contributed by atoms with Gasteiger partial charge in [-0.25, -0.2) is 0 Å². The second-order valence-electron chi connectivity index (χ2n) is 5.14. The molecule has 0 atom stereocenters. The average molecular weight is 210 g/mol. The molecule has 2 fully saturated rings. The van der Waals surface area contributed by atoms with Crippen LogP contribution in [0, 0.1) is 0 Å². The van der Waals surface area contributed by atoms with Gasteiger partial charge in [0.15, 0.2) is 0 Å². The standard InChI is InChI=1S/C13H26N2/c1-2-4-6-12-15(11-5-3-1)13-7-9-14-10-8-13/h13-14H,1-12H2. The second kappa shape index (κ2) is 6.49. The van der Waals surface area contributed by atoms with Gasteiger partial charge in [0.2, 0.25) is 0 Å². The van der Waals surface area contributed by atoms with Crippen LogP contribution < -0.4 is 5.32 Å². The topological polar surface area (TPSA) is 15.3 Å². The Balaban J connectivity index is 1.80. The molecule has 0 aromatic heterocycles. The van der Waals surface area contributed by atoms with Crippen LogP contribution in [-0.2, 0) is 0 Å². The van der Waals surface area contributed by atoms with Crippen LogP contribution in [0.1, 0.15) is 51.4 Å². The van der Waals surface area contributed by atoms with E-state index in [2.05, 4.69) is 10.2 Å². The molecule has 15 heavy (non-hydrogen) atoms. The molecule has 0 saturated carbocycles. The van der Waals surface area contributed by atoms with E-state index in [0.29, 0.717) is 0 Å². The van der Waals surface area contributed by atoms with E-state index in [0.717, 1.165) is 6.04 Å². The Labute approximate surface area is 94.4 Å². The molecule has 2 heteroatoms. The molecule has 2 nitrogen and oxygen atoms in total. The summed E-state index contributed by atoms with van der Waals surface area (Å²) < 4.78 is 0. The van der Waals surface area contributed by atoms with Crippen LogP contribution in [0.3, 0.4) is 0 Å². The number of hydrogen-bond donors (Lipinski definition) is 1. The third-order valence-electron chi connectivity index (χ3n) is 3.97. The first-order valence-corrected chi connectivity index (χ1v) is 6.91. The maximum Gasteiger partial charge on any atom is 0.0119 e. The minimum atomic E-state index is 0.893. The summed E-state index contributed by atoms with van der Waals surface area (Å²) in [4.78, 5) is 2.78. The molecule has 2 aliphatic rings. The van der Waals surface area contributed by atoms with Crippen molar-refractivity contribution in [3.8, 4) is 0 Å². The fourth-order valence-electron chi connectivity index (χ4n) is 2.99. The fraction of sp³-hybridized carbons (Fsp3) is 1.00. The number of hydrogen-bond acceptors (Lipinski definition) is 2. The van der Waals surface area contributed by atoms with E-state index in [-0.39, 0.29) is 0 Å². The molecule has 0 unspecified atom stereocenters. The lowest BCUT2D eigenvalue weighted by atomic mass is 10.0. The highest BCUT2D eigenvalue weighted by Crippen LogP contribution is 2.17. The Kier molecular flexibility index (Phi) is 4.94. The summed E-state index contributed by atoms with van der Waals surface area (Å²) in [5, 5.41) is 3.47. The Hall–Kier alpha value is -0.0800. The molecule has 1 N–H and O–H groups in total. The number of piperidine rings is 1. The molecule has 0 bridgehead atoms. The molecule has 0 aliphatic carbocycles. The third-order valence-corrected chi connectivity index (χ3v) is 3.97. The van der Waals surface area contributed by atoms with Crippen LogP contribution in [0.4, 0.5) is 0 Å². The molecule has 2 rings (SSSR count). The van der Waals surface area contributed by atoms with E-state index in [1.54, 1.807) is 0 Å². The molecular formula is C13H26N2. The van der Waals surface area contributed by atoms with Crippen LogP contribution in [0.2, 0.25) is 0 Å². The van der Waals surface area contributed by atoms with Gasteiger partial charge in [0.05, 0.1) is 0 Å². The van der Waals surface area contributed by atoms with Gasteiger partial charge in [-0.1, -0.05) is 25.7 Å². The van der Waals surface area contributed by atoms with Gasteiger partial charge in [-0.05, 0) is 51.9 Å². The van der Waals surface area contributed by atoms with Crippen molar-refractivity contribution < 1.29 is 0 Å². The van der Waals surface area contributed by atoms with Crippen molar-refractivity contribution in [1.82, 2.24) is 10.2 Å². The molecule has 0 aromatic carbocycles. The molecule has 0 aromatic rings. The van der Waals surface area contributed by atoms with Gasteiger partial charge in [-0.15, -0.1) is 0 Å². The molecule has 2 saturated heterocycles. The van der Waals surface area contributed by atoms with Crippen molar-refractivity contribution in [3.63, 3.8) is 0 Å². The third kappa shape index (κ3) is 3.76. The number of nitrogens with zero attached hydrogens (tertiary/aromatic N) is 1. The van der Waals surface area contributed by atoms with Gasteiger partial charge >= 0.3 is 0 Å². The first kappa shape index (κ1) is 11.4. The fourth-order valence-corrected chi connectivity index (χ4v) is 2.99. The lowest BCUT2D eigenvalue weighted by Crippen LogP contribution is -2.43. The summed E-state index contributed by atoms with van der Waals surface area (Å²) in [6.07, 6.45) is 11.5. The van der Waals surface area contributed by atoms with Crippen molar-refractivity contribution >= 4 is 0 Å². The lowest BCUT2D eigenvalue weighted by molar-refractivity contribution is 0.159. The lowest BCUT2D eigenvalue weighted by Gasteiger charge is -2.34. The zero-order valence-corrected chi connectivity index (χ0v) is 10.0. The van der Waals surface area contributed by atoms with Crippen LogP contribution >= 0.6 is 0 Å². The molecule has 0 amide bonds. The molecule has 2 heterocycles. The van der Waals surface area contributed by atoms with E-state index in [1.807, 2.05) is 0 Å². The van der Waals surface area contributed by atoms with Crippen LogP contribution in [0.5, 0.6) is 0 Å². The van der Waals surface area contributed by atoms with Gasteiger partial charge in [0.1, 0.15) is 0 Å². The summed E-state index contributed by atoms with van der Waals surface area (Å²) in [6, 6.07) is 0.893. The van der Waals surface area contributed by atoms with Crippen LogP contribution in [0.25, 0.3) is 0 Å². The summed E-state index contributed by atoms with van der Waals surface area (Å²) in [7, 11) is 0. The Morgan fingerprint density at radius 1 is 0.733 bits per heavy atom. The minimum absolute atomic E-state index is 0.893. The van der Waals surface area contributed by atoms with Crippen molar-refractivity contribution in [1.29, 1.82) is 0 Å². The highest BCUT2D eigenvalue weighted by molar-refractivity contribution is 4.78. The molecule has 0 radical (unpaired) electrons. The first-order chi connectivity index (χ1) is 7.47. The minimum Gasteiger partial charge on any atom is -0.317 e. The number of nitrogens with one attached hydrogen (secondary N) is 1. The zero-order chi connectivity index (χ0) is 10.3. The van der Waals surface area contributed by atoms with Gasteiger partial charge in [0.25, 0.3) is 0 Å². The summed E-state index contributed by atoms with van der Waals surface area (Å²) in [6.45, 7) is 5.21. The van der Waals surface area contributed by atoms with E-state index in [9.17, 15) is 0 Å². The van der Waals surface area contributed by atoms with Crippen LogP contribution in [0.15, 0.2) is 0 Å². The molecular weight excluding hydrogens is 184 g/mol. The van der Waals surface area contributed by atoms with Crippen molar-refractivity contribution in [2.45, 2.75) is 57.4 Å². The van der Waals surface area contributed by atoms with E-state index >= 15 is 0 Å². The smallest absolute Gasteiger partial charge is 0.0119 e. The Bertz CT molecular complexity index is 154. The summed E-state index contributed by atoms with van der Waals surface area (Å²) >= 11 is 0. The van der Waals surface area contributed by atoms with Gasteiger partial charge in [-0.2, -0.15) is 0 Å². The molecule has 0 spiro atoms. The predicted molar refractivity (Wildman–Crippen MR) is 65.2 cm³/mol. The van der Waals surface area contributed by atoms with Gasteiger partial charge in [-0.3, -0.25) is 0 Å². The quantitative estimate of drug-likeness (QED) is 0.715. The SMILES string of the molecule is C1CCCCN(C2CCNCC2)CCC1. The van der Waals surface area contributed by atoms with Crippen LogP contribution in [-0.4, -0.2) is 37.1 Å². The largest absolute Gasteiger partial charge is 0.317 e. The maximum atomic E-state index is 3.47. The zero-order valence-electron chi connectivity index (χ0n) is 10.0. The highest BCUT2D eigenvalue weighted by atomic mass is 15.2. The van der Waals surface area contributed by atoms with E-state index in [1.165, 1.54) is 77.5 Å². The normalized spacial score (nSPS) is 28.0. The molecule has 2 aliphatic heterocycles. The van der Waals surface area contributed by atoms with Gasteiger partial charge in [0, 0.05) is 6.04 Å². The summed E-state index contributed by atoms with van der Waals surface area (Å²) in [5.74, 6) is 0. The van der Waals surface area contributed by atoms with Crippen molar-refractivity contribution in [2.75, 3.05) is 26.2 Å². The van der Waals surface area contributed by atoms with E-state index in [4.69, 9.17) is 0 Å². The van der Waals surface area contributed by atoms with E-state index < -0.39 is 0 Å². The Morgan fingerprint density at radius 2 is 1.27 bits per heavy atom. The highest BCUT2D eigenvalue weighted by Gasteiger charge is 2.20. The predicted octanol–water partition coefficient (Wildman–Crippen LogP) is 2.39.